The minimum Gasteiger partial charge on any atom is -0.352 e. The molecule has 1 aromatic heterocycles. The van der Waals surface area contributed by atoms with Gasteiger partial charge in [0, 0.05) is 28.3 Å². The Bertz CT molecular complexity index is 650. The number of nitrogens with one attached hydrogen (secondary N) is 2. The van der Waals surface area contributed by atoms with Gasteiger partial charge in [-0.05, 0) is 43.2 Å². The topological polar surface area (TPSA) is 78.4 Å². The molecule has 6 heteroatoms. The maximum absolute atomic E-state index is 12.0. The molecule has 0 spiro atoms. The van der Waals surface area contributed by atoms with Crippen molar-refractivity contribution < 1.29 is 14.8 Å². The minimum absolute atomic E-state index is 0.168. The summed E-state index contributed by atoms with van der Waals surface area (Å²) in [6.45, 7) is 2.45. The summed E-state index contributed by atoms with van der Waals surface area (Å²) in [5, 5.41) is 11.1. The lowest BCUT2D eigenvalue weighted by molar-refractivity contribution is -0.129. The summed E-state index contributed by atoms with van der Waals surface area (Å²) in [5.74, 6) is -0.622. The van der Waals surface area contributed by atoms with Gasteiger partial charge in [0.15, 0.2) is 0 Å². The zero-order chi connectivity index (χ0) is 15.9. The van der Waals surface area contributed by atoms with E-state index in [1.807, 2.05) is 12.1 Å². The molecule has 0 fully saturated rings. The van der Waals surface area contributed by atoms with E-state index in [9.17, 15) is 9.59 Å². The van der Waals surface area contributed by atoms with Gasteiger partial charge >= 0.3 is 0 Å². The molecule has 0 bridgehead atoms. The molecule has 0 aliphatic rings. The summed E-state index contributed by atoms with van der Waals surface area (Å²) >= 11 is 1.72. The first-order valence-corrected chi connectivity index (χ1v) is 7.80. The predicted molar refractivity (Wildman–Crippen MR) is 86.0 cm³/mol. The van der Waals surface area contributed by atoms with Crippen LogP contribution in [0.15, 0.2) is 36.4 Å². The Hall–Kier alpha value is -2.18. The number of carbonyl (C=O) groups excluding carboxylic acids is 2. The predicted octanol–water partition coefficient (Wildman–Crippen LogP) is 2.74. The first-order chi connectivity index (χ1) is 10.6. The van der Waals surface area contributed by atoms with Crippen LogP contribution in [0.1, 0.15) is 28.1 Å². The van der Waals surface area contributed by atoms with E-state index in [0.717, 1.165) is 5.56 Å². The molecule has 0 atom stereocenters. The van der Waals surface area contributed by atoms with E-state index in [-0.39, 0.29) is 12.3 Å². The van der Waals surface area contributed by atoms with Crippen LogP contribution in [0.5, 0.6) is 0 Å². The van der Waals surface area contributed by atoms with Crippen molar-refractivity contribution in [2.75, 3.05) is 6.54 Å². The molecule has 1 heterocycles. The van der Waals surface area contributed by atoms with E-state index < -0.39 is 5.91 Å². The summed E-state index contributed by atoms with van der Waals surface area (Å²) < 4.78 is 0. The van der Waals surface area contributed by atoms with Crippen molar-refractivity contribution in [3.63, 3.8) is 0 Å². The quantitative estimate of drug-likeness (QED) is 0.435. The highest BCUT2D eigenvalue weighted by molar-refractivity contribution is 7.15. The highest BCUT2D eigenvalue weighted by atomic mass is 32.1. The summed E-state index contributed by atoms with van der Waals surface area (Å²) in [7, 11) is 0. The number of amides is 2. The molecule has 2 rings (SSSR count). The molecule has 2 aromatic rings. The SMILES string of the molecule is Cc1ccc(-c2ccc(C(=O)NCCCC(=O)NO)cc2)s1. The zero-order valence-electron chi connectivity index (χ0n) is 12.3. The third kappa shape index (κ3) is 4.41. The van der Waals surface area contributed by atoms with Crippen molar-refractivity contribution in [3.8, 4) is 10.4 Å². The largest absolute Gasteiger partial charge is 0.352 e. The summed E-state index contributed by atoms with van der Waals surface area (Å²) in [4.78, 5) is 25.2. The van der Waals surface area contributed by atoms with Gasteiger partial charge in [-0.1, -0.05) is 12.1 Å². The van der Waals surface area contributed by atoms with E-state index in [4.69, 9.17) is 5.21 Å². The molecule has 1 aromatic carbocycles. The van der Waals surface area contributed by atoms with Crippen LogP contribution in [-0.4, -0.2) is 23.6 Å². The molecule has 116 valence electrons. The lowest BCUT2D eigenvalue weighted by atomic mass is 10.1. The average molecular weight is 318 g/mol. The number of carbonyl (C=O) groups is 2. The number of thiophene rings is 1. The molecule has 0 unspecified atom stereocenters. The zero-order valence-corrected chi connectivity index (χ0v) is 13.1. The van der Waals surface area contributed by atoms with E-state index in [2.05, 4.69) is 24.4 Å². The van der Waals surface area contributed by atoms with E-state index in [1.54, 1.807) is 28.9 Å². The second-order valence-corrected chi connectivity index (χ2v) is 6.17. The molecule has 0 aliphatic carbocycles. The fraction of sp³-hybridized carbons (Fsp3) is 0.250. The Morgan fingerprint density at radius 1 is 1.14 bits per heavy atom. The highest BCUT2D eigenvalue weighted by Gasteiger charge is 2.07. The fourth-order valence-corrected chi connectivity index (χ4v) is 2.86. The van der Waals surface area contributed by atoms with Crippen LogP contribution < -0.4 is 10.8 Å². The van der Waals surface area contributed by atoms with Gasteiger partial charge in [0.25, 0.3) is 5.91 Å². The molecule has 0 saturated carbocycles. The monoisotopic (exact) mass is 318 g/mol. The van der Waals surface area contributed by atoms with Crippen molar-refractivity contribution in [2.45, 2.75) is 19.8 Å². The average Bonchev–Trinajstić information content (AvgIpc) is 2.97. The van der Waals surface area contributed by atoms with Crippen LogP contribution in [0.3, 0.4) is 0 Å². The van der Waals surface area contributed by atoms with Gasteiger partial charge in [-0.3, -0.25) is 14.8 Å². The number of aryl methyl sites for hydroxylation is 1. The van der Waals surface area contributed by atoms with E-state index >= 15 is 0 Å². The summed E-state index contributed by atoms with van der Waals surface area (Å²) in [5.41, 5.74) is 3.24. The fourth-order valence-electron chi connectivity index (χ4n) is 1.98. The van der Waals surface area contributed by atoms with Gasteiger partial charge in [-0.25, -0.2) is 5.48 Å². The maximum atomic E-state index is 12.0. The smallest absolute Gasteiger partial charge is 0.251 e. The molecular weight excluding hydrogens is 300 g/mol. The Balaban J connectivity index is 1.87. The Labute approximate surface area is 132 Å². The second-order valence-electron chi connectivity index (χ2n) is 4.88. The number of hydrogen-bond acceptors (Lipinski definition) is 4. The third-order valence-electron chi connectivity index (χ3n) is 3.16. The molecular formula is C16H18N2O3S. The lowest BCUT2D eigenvalue weighted by Crippen LogP contribution is -2.26. The first kappa shape index (κ1) is 16.2. The van der Waals surface area contributed by atoms with Crippen molar-refractivity contribution in [2.24, 2.45) is 0 Å². The number of hydrogen-bond donors (Lipinski definition) is 3. The van der Waals surface area contributed by atoms with Crippen LogP contribution in [0.25, 0.3) is 10.4 Å². The van der Waals surface area contributed by atoms with Crippen molar-refractivity contribution in [3.05, 3.63) is 46.8 Å². The normalized spacial score (nSPS) is 10.3. The molecule has 0 aliphatic heterocycles. The number of hydroxylamine groups is 1. The molecule has 2 amide bonds. The van der Waals surface area contributed by atoms with Crippen LogP contribution >= 0.6 is 11.3 Å². The van der Waals surface area contributed by atoms with Gasteiger partial charge in [0.05, 0.1) is 0 Å². The standard InChI is InChI=1S/C16H18N2O3S/c1-11-4-9-14(22-11)12-5-7-13(8-6-12)16(20)17-10-2-3-15(19)18-21/h4-9,21H,2-3,10H2,1H3,(H,17,20)(H,18,19). The highest BCUT2D eigenvalue weighted by Crippen LogP contribution is 2.27. The molecule has 0 radical (unpaired) electrons. The first-order valence-electron chi connectivity index (χ1n) is 6.98. The van der Waals surface area contributed by atoms with Crippen LogP contribution in [0.4, 0.5) is 0 Å². The summed E-state index contributed by atoms with van der Waals surface area (Å²) in [6, 6.07) is 11.6. The number of benzene rings is 1. The maximum Gasteiger partial charge on any atom is 0.251 e. The van der Waals surface area contributed by atoms with Gasteiger partial charge in [0.1, 0.15) is 0 Å². The molecule has 0 saturated heterocycles. The van der Waals surface area contributed by atoms with Crippen LogP contribution in [0.2, 0.25) is 0 Å². The van der Waals surface area contributed by atoms with Crippen molar-refractivity contribution in [1.82, 2.24) is 10.8 Å². The Morgan fingerprint density at radius 3 is 2.45 bits per heavy atom. The summed E-state index contributed by atoms with van der Waals surface area (Å²) in [6.07, 6.45) is 0.651. The molecule has 22 heavy (non-hydrogen) atoms. The van der Waals surface area contributed by atoms with E-state index in [1.165, 1.54) is 9.75 Å². The van der Waals surface area contributed by atoms with E-state index in [0.29, 0.717) is 18.5 Å². The Kier molecular flexibility index (Phi) is 5.68. The van der Waals surface area contributed by atoms with Crippen LogP contribution in [-0.2, 0) is 4.79 Å². The van der Waals surface area contributed by atoms with Gasteiger partial charge < -0.3 is 5.32 Å². The lowest BCUT2D eigenvalue weighted by Gasteiger charge is -2.05. The van der Waals surface area contributed by atoms with Gasteiger partial charge in [0.2, 0.25) is 5.91 Å². The van der Waals surface area contributed by atoms with Crippen molar-refractivity contribution in [1.29, 1.82) is 0 Å². The molecule has 3 N–H and O–H groups in total. The Morgan fingerprint density at radius 2 is 1.86 bits per heavy atom. The number of rotatable bonds is 6. The van der Waals surface area contributed by atoms with Gasteiger partial charge in [-0.2, -0.15) is 0 Å². The molecule has 5 nitrogen and oxygen atoms in total. The third-order valence-corrected chi connectivity index (χ3v) is 4.21. The van der Waals surface area contributed by atoms with Crippen molar-refractivity contribution >= 4 is 23.2 Å². The van der Waals surface area contributed by atoms with Crippen LogP contribution in [0, 0.1) is 6.92 Å². The van der Waals surface area contributed by atoms with Gasteiger partial charge in [-0.15, -0.1) is 11.3 Å². The minimum atomic E-state index is -0.454. The second kappa shape index (κ2) is 7.72.